The molecule has 0 aromatic heterocycles. The Bertz CT molecular complexity index is 542. The Labute approximate surface area is 107 Å². The monoisotopic (exact) mass is 238 g/mol. The van der Waals surface area contributed by atoms with Gasteiger partial charge < -0.3 is 4.74 Å². The van der Waals surface area contributed by atoms with E-state index in [1.54, 1.807) is 18.2 Å². The Morgan fingerprint density at radius 2 is 1.50 bits per heavy atom. The van der Waals surface area contributed by atoms with Crippen LogP contribution in [0.3, 0.4) is 0 Å². The molecule has 2 aromatic carbocycles. The number of esters is 1. The van der Waals surface area contributed by atoms with Crippen LogP contribution in [0, 0.1) is 0 Å². The lowest BCUT2D eigenvalue weighted by Crippen LogP contribution is -2.10. The Balaban J connectivity index is 2.18. The minimum absolute atomic E-state index is 0.338. The van der Waals surface area contributed by atoms with Crippen LogP contribution in [0.5, 0.6) is 5.75 Å². The molecular weight excluding hydrogens is 224 g/mol. The molecule has 0 amide bonds. The van der Waals surface area contributed by atoms with E-state index >= 15 is 0 Å². The fourth-order valence-corrected chi connectivity index (χ4v) is 1.67. The Kier molecular flexibility index (Phi) is 3.92. The summed E-state index contributed by atoms with van der Waals surface area (Å²) in [6.45, 7) is 1.83. The minimum atomic E-state index is -0.338. The average Bonchev–Trinajstić information content (AvgIpc) is 2.42. The molecule has 0 radical (unpaired) electrons. The summed E-state index contributed by atoms with van der Waals surface area (Å²) in [5, 5.41) is 0. The standard InChI is InChI=1S/C16H14O2/c1-2-15(13-9-5-3-6-10-13)16(17)18-14-11-7-4-8-12-14/h2-12H,1H3/b15-2+. The highest BCUT2D eigenvalue weighted by molar-refractivity contribution is 6.17. The highest BCUT2D eigenvalue weighted by Crippen LogP contribution is 2.18. The summed E-state index contributed by atoms with van der Waals surface area (Å²) in [6.07, 6.45) is 1.76. The van der Waals surface area contributed by atoms with Crippen LogP contribution in [0.15, 0.2) is 66.7 Å². The van der Waals surface area contributed by atoms with E-state index < -0.39 is 0 Å². The third-order valence-electron chi connectivity index (χ3n) is 2.55. The maximum atomic E-state index is 12.1. The van der Waals surface area contributed by atoms with Crippen molar-refractivity contribution in [2.45, 2.75) is 6.92 Å². The number of para-hydroxylation sites is 1. The van der Waals surface area contributed by atoms with Gasteiger partial charge in [-0.3, -0.25) is 0 Å². The molecule has 0 saturated heterocycles. The molecule has 0 aliphatic rings. The fraction of sp³-hybridized carbons (Fsp3) is 0.0625. The first-order chi connectivity index (χ1) is 8.81. The fourth-order valence-electron chi connectivity index (χ4n) is 1.67. The molecule has 0 unspecified atom stereocenters. The van der Waals surface area contributed by atoms with Crippen LogP contribution in [-0.4, -0.2) is 5.97 Å². The highest BCUT2D eigenvalue weighted by atomic mass is 16.5. The van der Waals surface area contributed by atoms with E-state index in [0.717, 1.165) is 5.56 Å². The van der Waals surface area contributed by atoms with Crippen molar-refractivity contribution in [3.05, 3.63) is 72.3 Å². The lowest BCUT2D eigenvalue weighted by molar-refractivity contribution is -0.127. The predicted octanol–water partition coefficient (Wildman–Crippen LogP) is 3.70. The quantitative estimate of drug-likeness (QED) is 0.463. The molecule has 0 spiro atoms. The number of hydrogen-bond donors (Lipinski definition) is 0. The predicted molar refractivity (Wildman–Crippen MR) is 72.2 cm³/mol. The lowest BCUT2D eigenvalue weighted by atomic mass is 10.1. The molecule has 0 saturated carbocycles. The van der Waals surface area contributed by atoms with Crippen molar-refractivity contribution in [3.8, 4) is 5.75 Å². The van der Waals surface area contributed by atoms with Gasteiger partial charge in [0.2, 0.25) is 0 Å². The van der Waals surface area contributed by atoms with Gasteiger partial charge in [0.05, 0.1) is 5.57 Å². The summed E-state index contributed by atoms with van der Waals surface area (Å²) < 4.78 is 5.31. The number of ether oxygens (including phenoxy) is 1. The molecule has 0 fully saturated rings. The Morgan fingerprint density at radius 3 is 2.06 bits per heavy atom. The van der Waals surface area contributed by atoms with Crippen molar-refractivity contribution >= 4 is 11.5 Å². The summed E-state index contributed by atoms with van der Waals surface area (Å²) >= 11 is 0. The van der Waals surface area contributed by atoms with Crippen LogP contribution in [-0.2, 0) is 4.79 Å². The van der Waals surface area contributed by atoms with Gasteiger partial charge in [-0.15, -0.1) is 0 Å². The Hall–Kier alpha value is -2.35. The SMILES string of the molecule is C/C=C(/C(=O)Oc1ccccc1)c1ccccc1. The zero-order valence-corrected chi connectivity index (χ0v) is 10.2. The molecule has 0 atom stereocenters. The molecule has 0 bridgehead atoms. The smallest absolute Gasteiger partial charge is 0.343 e. The van der Waals surface area contributed by atoms with Crippen molar-refractivity contribution in [2.24, 2.45) is 0 Å². The minimum Gasteiger partial charge on any atom is -0.423 e. The van der Waals surface area contributed by atoms with Crippen molar-refractivity contribution in [1.82, 2.24) is 0 Å². The van der Waals surface area contributed by atoms with Crippen LogP contribution >= 0.6 is 0 Å². The zero-order chi connectivity index (χ0) is 12.8. The van der Waals surface area contributed by atoms with Gasteiger partial charge in [-0.1, -0.05) is 54.6 Å². The van der Waals surface area contributed by atoms with E-state index in [4.69, 9.17) is 4.74 Å². The molecular formula is C16H14O2. The van der Waals surface area contributed by atoms with Gasteiger partial charge in [-0.05, 0) is 24.6 Å². The van der Waals surface area contributed by atoms with Gasteiger partial charge in [0.25, 0.3) is 0 Å². The van der Waals surface area contributed by atoms with E-state index in [9.17, 15) is 4.79 Å². The summed E-state index contributed by atoms with van der Waals surface area (Å²) in [5.74, 6) is 0.215. The molecule has 2 heteroatoms. The second kappa shape index (κ2) is 5.82. The van der Waals surface area contributed by atoms with Crippen LogP contribution < -0.4 is 4.74 Å². The van der Waals surface area contributed by atoms with Gasteiger partial charge in [0.1, 0.15) is 5.75 Å². The van der Waals surface area contributed by atoms with Gasteiger partial charge in [-0.25, -0.2) is 4.79 Å². The van der Waals surface area contributed by atoms with Gasteiger partial charge >= 0.3 is 5.97 Å². The van der Waals surface area contributed by atoms with E-state index in [-0.39, 0.29) is 5.97 Å². The molecule has 0 aliphatic carbocycles. The van der Waals surface area contributed by atoms with Crippen molar-refractivity contribution in [2.75, 3.05) is 0 Å². The third kappa shape index (κ3) is 2.86. The number of hydrogen-bond acceptors (Lipinski definition) is 2. The van der Waals surface area contributed by atoms with Gasteiger partial charge in [-0.2, -0.15) is 0 Å². The topological polar surface area (TPSA) is 26.3 Å². The van der Waals surface area contributed by atoms with Gasteiger partial charge in [0.15, 0.2) is 0 Å². The second-order valence-electron chi connectivity index (χ2n) is 3.77. The number of carbonyl (C=O) groups is 1. The first kappa shape index (κ1) is 12.1. The maximum absolute atomic E-state index is 12.1. The third-order valence-corrected chi connectivity index (χ3v) is 2.55. The molecule has 2 nitrogen and oxygen atoms in total. The molecule has 0 N–H and O–H groups in total. The Morgan fingerprint density at radius 1 is 0.944 bits per heavy atom. The van der Waals surface area contributed by atoms with E-state index in [2.05, 4.69) is 0 Å². The number of rotatable bonds is 3. The van der Waals surface area contributed by atoms with Gasteiger partial charge in [0, 0.05) is 0 Å². The van der Waals surface area contributed by atoms with Crippen molar-refractivity contribution < 1.29 is 9.53 Å². The summed E-state index contributed by atoms with van der Waals surface area (Å²) in [6, 6.07) is 18.6. The van der Waals surface area contributed by atoms with Crippen molar-refractivity contribution in [3.63, 3.8) is 0 Å². The number of benzene rings is 2. The number of carbonyl (C=O) groups excluding carboxylic acids is 1. The molecule has 90 valence electrons. The maximum Gasteiger partial charge on any atom is 0.343 e. The van der Waals surface area contributed by atoms with E-state index in [1.165, 1.54) is 0 Å². The van der Waals surface area contributed by atoms with E-state index in [1.807, 2.05) is 55.5 Å². The van der Waals surface area contributed by atoms with Crippen LogP contribution in [0.1, 0.15) is 12.5 Å². The summed E-state index contributed by atoms with van der Waals surface area (Å²) in [5.41, 5.74) is 1.43. The van der Waals surface area contributed by atoms with Crippen molar-refractivity contribution in [1.29, 1.82) is 0 Å². The zero-order valence-electron chi connectivity index (χ0n) is 10.2. The second-order valence-corrected chi connectivity index (χ2v) is 3.77. The first-order valence-electron chi connectivity index (χ1n) is 5.80. The molecule has 2 rings (SSSR count). The molecule has 18 heavy (non-hydrogen) atoms. The molecule has 0 heterocycles. The summed E-state index contributed by atoms with van der Waals surface area (Å²) in [7, 11) is 0. The lowest BCUT2D eigenvalue weighted by Gasteiger charge is -2.07. The van der Waals surface area contributed by atoms with Crippen LogP contribution in [0.2, 0.25) is 0 Å². The largest absolute Gasteiger partial charge is 0.423 e. The molecule has 0 aliphatic heterocycles. The van der Waals surface area contributed by atoms with E-state index in [0.29, 0.717) is 11.3 Å². The summed E-state index contributed by atoms with van der Waals surface area (Å²) in [4.78, 5) is 12.1. The highest BCUT2D eigenvalue weighted by Gasteiger charge is 2.12. The number of allylic oxidation sites excluding steroid dienone is 1. The normalized spacial score (nSPS) is 11.1. The van der Waals surface area contributed by atoms with Crippen LogP contribution in [0.25, 0.3) is 5.57 Å². The first-order valence-corrected chi connectivity index (χ1v) is 5.80. The average molecular weight is 238 g/mol. The molecule has 2 aromatic rings. The van der Waals surface area contributed by atoms with Crippen LogP contribution in [0.4, 0.5) is 0 Å².